The van der Waals surface area contributed by atoms with Crippen LogP contribution in [0, 0.1) is 0 Å². The van der Waals surface area contributed by atoms with Crippen molar-refractivity contribution in [3.8, 4) is 0 Å². The van der Waals surface area contributed by atoms with Gasteiger partial charge >= 0.3 is 5.97 Å². The quantitative estimate of drug-likeness (QED) is 0.689. The Morgan fingerprint density at radius 2 is 2.05 bits per heavy atom. The fourth-order valence-corrected chi connectivity index (χ4v) is 2.51. The van der Waals surface area contributed by atoms with Crippen LogP contribution in [-0.4, -0.2) is 33.4 Å². The molecule has 0 aliphatic heterocycles. The molecule has 0 spiro atoms. The van der Waals surface area contributed by atoms with E-state index in [0.29, 0.717) is 13.0 Å². The summed E-state index contributed by atoms with van der Waals surface area (Å²) in [7, 11) is -3.66. The van der Waals surface area contributed by atoms with Gasteiger partial charge in [-0.3, -0.25) is 4.79 Å². The predicted octanol–water partition coefficient (Wildman–Crippen LogP) is 0.0170. The maximum absolute atomic E-state index is 11.9. The van der Waals surface area contributed by atoms with E-state index in [1.807, 2.05) is 6.92 Å². The summed E-state index contributed by atoms with van der Waals surface area (Å²) in [4.78, 5) is 22.1. The van der Waals surface area contributed by atoms with E-state index in [0.717, 1.165) is 0 Å². The van der Waals surface area contributed by atoms with Crippen LogP contribution >= 0.6 is 0 Å². The summed E-state index contributed by atoms with van der Waals surface area (Å²) in [5, 5.41) is 0. The minimum Gasteiger partial charge on any atom is -0.452 e. The molecular weight excluding hydrogens is 284 g/mol. The van der Waals surface area contributed by atoms with E-state index in [1.165, 1.54) is 24.3 Å². The first-order valence-corrected chi connectivity index (χ1v) is 7.40. The lowest BCUT2D eigenvalue weighted by atomic mass is 10.2. The van der Waals surface area contributed by atoms with Gasteiger partial charge in [-0.25, -0.2) is 17.9 Å². The zero-order valence-corrected chi connectivity index (χ0v) is 11.8. The first-order valence-electron chi connectivity index (χ1n) is 5.92. The maximum atomic E-state index is 11.9. The number of amides is 1. The van der Waals surface area contributed by atoms with Gasteiger partial charge in [-0.2, -0.15) is 0 Å². The van der Waals surface area contributed by atoms with Gasteiger partial charge in [-0.05, 0) is 24.6 Å². The van der Waals surface area contributed by atoms with E-state index >= 15 is 0 Å². The number of primary amides is 1. The number of carbonyl (C=O) groups excluding carboxylic acids is 2. The molecule has 0 aromatic heterocycles. The number of benzene rings is 1. The molecule has 1 rings (SSSR count). The first kappa shape index (κ1) is 16.1. The standard InChI is InChI=1S/C12H16N2O5S/c1-2-6-14-20(17,18)10-5-3-4-9(7-10)12(16)19-8-11(13)15/h3-5,7,14H,2,6,8H2,1H3,(H2,13,15). The van der Waals surface area contributed by atoms with Crippen molar-refractivity contribution in [1.29, 1.82) is 0 Å². The topological polar surface area (TPSA) is 116 Å². The molecule has 20 heavy (non-hydrogen) atoms. The number of esters is 1. The van der Waals surface area contributed by atoms with Crippen LogP contribution in [0.2, 0.25) is 0 Å². The zero-order chi connectivity index (χ0) is 15.2. The number of hydrogen-bond acceptors (Lipinski definition) is 5. The van der Waals surface area contributed by atoms with Crippen molar-refractivity contribution in [1.82, 2.24) is 4.72 Å². The molecular formula is C12H16N2O5S. The van der Waals surface area contributed by atoms with Gasteiger partial charge in [0.2, 0.25) is 10.0 Å². The van der Waals surface area contributed by atoms with E-state index in [1.54, 1.807) is 0 Å². The Balaban J connectivity index is 2.90. The first-order chi connectivity index (χ1) is 9.36. The molecule has 1 amide bonds. The molecule has 0 saturated carbocycles. The van der Waals surface area contributed by atoms with E-state index in [2.05, 4.69) is 9.46 Å². The highest BCUT2D eigenvalue weighted by Crippen LogP contribution is 2.12. The maximum Gasteiger partial charge on any atom is 0.338 e. The van der Waals surface area contributed by atoms with Crippen molar-refractivity contribution in [2.75, 3.05) is 13.2 Å². The number of ether oxygens (including phenoxy) is 1. The Morgan fingerprint density at radius 3 is 2.65 bits per heavy atom. The van der Waals surface area contributed by atoms with Gasteiger partial charge in [0, 0.05) is 6.54 Å². The van der Waals surface area contributed by atoms with Crippen molar-refractivity contribution in [2.45, 2.75) is 18.2 Å². The van der Waals surface area contributed by atoms with Crippen LogP contribution in [-0.2, 0) is 19.6 Å². The number of carbonyl (C=O) groups is 2. The van der Waals surface area contributed by atoms with Gasteiger partial charge in [0.1, 0.15) is 0 Å². The molecule has 0 aliphatic carbocycles. The van der Waals surface area contributed by atoms with E-state index in [9.17, 15) is 18.0 Å². The largest absolute Gasteiger partial charge is 0.452 e. The average molecular weight is 300 g/mol. The molecule has 1 aromatic rings. The Morgan fingerprint density at radius 1 is 1.35 bits per heavy atom. The molecule has 0 fully saturated rings. The average Bonchev–Trinajstić information content (AvgIpc) is 2.42. The normalized spacial score (nSPS) is 11.1. The van der Waals surface area contributed by atoms with Crippen LogP contribution < -0.4 is 10.5 Å². The molecule has 0 aliphatic rings. The summed E-state index contributed by atoms with van der Waals surface area (Å²) >= 11 is 0. The van der Waals surface area contributed by atoms with Crippen molar-refractivity contribution in [2.24, 2.45) is 5.73 Å². The summed E-state index contributed by atoms with van der Waals surface area (Å²) < 4.78 is 30.8. The third-order valence-corrected chi connectivity index (χ3v) is 3.73. The summed E-state index contributed by atoms with van der Waals surface area (Å²) in [5.74, 6) is -1.59. The van der Waals surface area contributed by atoms with E-state index in [-0.39, 0.29) is 10.5 Å². The highest BCUT2D eigenvalue weighted by atomic mass is 32.2. The molecule has 7 nitrogen and oxygen atoms in total. The van der Waals surface area contributed by atoms with Crippen LogP contribution in [0.5, 0.6) is 0 Å². The lowest BCUT2D eigenvalue weighted by Crippen LogP contribution is -2.25. The van der Waals surface area contributed by atoms with Gasteiger partial charge in [-0.1, -0.05) is 13.0 Å². The number of hydrogen-bond donors (Lipinski definition) is 2. The van der Waals surface area contributed by atoms with Crippen LogP contribution in [0.1, 0.15) is 23.7 Å². The fraction of sp³-hybridized carbons (Fsp3) is 0.333. The summed E-state index contributed by atoms with van der Waals surface area (Å²) in [5.41, 5.74) is 4.88. The second-order valence-corrected chi connectivity index (χ2v) is 5.74. The molecule has 0 radical (unpaired) electrons. The molecule has 0 heterocycles. The van der Waals surface area contributed by atoms with Gasteiger partial charge in [0.15, 0.2) is 6.61 Å². The molecule has 0 bridgehead atoms. The third-order valence-electron chi connectivity index (χ3n) is 2.27. The zero-order valence-electron chi connectivity index (χ0n) is 11.0. The van der Waals surface area contributed by atoms with E-state index < -0.39 is 28.5 Å². The summed E-state index contributed by atoms with van der Waals surface area (Å²) in [6, 6.07) is 5.35. The van der Waals surface area contributed by atoms with E-state index in [4.69, 9.17) is 5.73 Å². The molecule has 110 valence electrons. The predicted molar refractivity (Wildman–Crippen MR) is 71.4 cm³/mol. The molecule has 3 N–H and O–H groups in total. The lowest BCUT2D eigenvalue weighted by Gasteiger charge is -2.07. The number of nitrogens with two attached hydrogens (primary N) is 1. The Labute approximate surface area is 117 Å². The number of rotatable bonds is 7. The summed E-state index contributed by atoms with van der Waals surface area (Å²) in [6.45, 7) is 1.59. The van der Waals surface area contributed by atoms with Crippen molar-refractivity contribution in [3.05, 3.63) is 29.8 Å². The van der Waals surface area contributed by atoms with Crippen LogP contribution in [0.3, 0.4) is 0 Å². The van der Waals surface area contributed by atoms with Crippen molar-refractivity contribution >= 4 is 21.9 Å². The smallest absolute Gasteiger partial charge is 0.338 e. The second-order valence-electron chi connectivity index (χ2n) is 3.97. The Bertz CT molecular complexity index is 598. The second kappa shape index (κ2) is 7.01. The highest BCUT2D eigenvalue weighted by molar-refractivity contribution is 7.89. The third kappa shape index (κ3) is 4.63. The number of sulfonamides is 1. The van der Waals surface area contributed by atoms with Crippen LogP contribution in [0.15, 0.2) is 29.2 Å². The molecule has 0 unspecified atom stereocenters. The Hall–Kier alpha value is -1.93. The Kier molecular flexibility index (Phi) is 5.66. The molecule has 1 aromatic carbocycles. The fourth-order valence-electron chi connectivity index (χ4n) is 1.33. The monoisotopic (exact) mass is 300 g/mol. The molecule has 0 atom stereocenters. The molecule has 8 heteroatoms. The van der Waals surface area contributed by atoms with Gasteiger partial charge in [0.25, 0.3) is 5.91 Å². The minimum atomic E-state index is -3.66. The van der Waals surface area contributed by atoms with Crippen molar-refractivity contribution in [3.63, 3.8) is 0 Å². The number of nitrogens with one attached hydrogen (secondary N) is 1. The SMILES string of the molecule is CCCNS(=O)(=O)c1cccc(C(=O)OCC(N)=O)c1. The van der Waals surface area contributed by atoms with Crippen molar-refractivity contribution < 1.29 is 22.7 Å². The minimum absolute atomic E-state index is 0.0330. The van der Waals surface area contributed by atoms with Crippen LogP contribution in [0.25, 0.3) is 0 Å². The van der Waals surface area contributed by atoms with Gasteiger partial charge in [0.05, 0.1) is 10.5 Å². The summed E-state index contributed by atoms with van der Waals surface area (Å²) in [6.07, 6.45) is 0.652. The van der Waals surface area contributed by atoms with Gasteiger partial charge in [-0.15, -0.1) is 0 Å². The van der Waals surface area contributed by atoms with Crippen LogP contribution in [0.4, 0.5) is 0 Å². The lowest BCUT2D eigenvalue weighted by molar-refractivity contribution is -0.121. The van der Waals surface area contributed by atoms with Gasteiger partial charge < -0.3 is 10.5 Å². The molecule has 0 saturated heterocycles. The highest BCUT2D eigenvalue weighted by Gasteiger charge is 2.16.